The lowest BCUT2D eigenvalue weighted by Crippen LogP contribution is -2.40. The van der Waals surface area contributed by atoms with Gasteiger partial charge < -0.3 is 14.9 Å². The largest absolute Gasteiger partial charge is 0.506 e. The number of allylic oxidation sites excluding steroid dienone is 2. The number of anilines is 2. The Balaban J connectivity index is 2.03. The van der Waals surface area contributed by atoms with Crippen LogP contribution in [0.1, 0.15) is 40.5 Å². The topological polar surface area (TPSA) is 60.9 Å². The standard InChI is InChI=1S/C24H26F6N2O3/c1-21(2)7-9-31(12-15(21)19(34)23(25,26)27)14-5-6-18(33)17(11-14)32-10-8-22(3,4)16(13-32)20(35)24(28,29)30/h5-6,11-13,33H,7-10H2,1-4H3. The number of halogens is 6. The smallest absolute Gasteiger partial charge is 0.454 e. The van der Waals surface area contributed by atoms with Crippen LogP contribution in [-0.2, 0) is 9.59 Å². The maximum atomic E-state index is 13.2. The lowest BCUT2D eigenvalue weighted by atomic mass is 9.77. The summed E-state index contributed by atoms with van der Waals surface area (Å²) in [5, 5.41) is 10.4. The van der Waals surface area contributed by atoms with Crippen molar-refractivity contribution in [2.45, 2.75) is 52.9 Å². The van der Waals surface area contributed by atoms with Gasteiger partial charge in [-0.1, -0.05) is 27.7 Å². The van der Waals surface area contributed by atoms with Gasteiger partial charge in [0.2, 0.25) is 0 Å². The summed E-state index contributed by atoms with van der Waals surface area (Å²) >= 11 is 0. The van der Waals surface area contributed by atoms with Crippen molar-refractivity contribution in [2.75, 3.05) is 22.9 Å². The van der Waals surface area contributed by atoms with Crippen molar-refractivity contribution in [1.29, 1.82) is 0 Å². The number of aromatic hydroxyl groups is 1. The number of Topliss-reactive ketones (excluding diaryl/α,β-unsaturated/α-hetero) is 2. The number of hydrogen-bond acceptors (Lipinski definition) is 5. The molecule has 0 spiro atoms. The number of nitrogens with zero attached hydrogens (tertiary/aromatic N) is 2. The third-order valence-corrected chi connectivity index (χ3v) is 6.59. The van der Waals surface area contributed by atoms with Crippen LogP contribution in [0.3, 0.4) is 0 Å². The highest BCUT2D eigenvalue weighted by atomic mass is 19.4. The molecule has 0 fully saturated rings. The molecule has 0 radical (unpaired) electrons. The number of ketones is 2. The fourth-order valence-electron chi connectivity index (χ4n) is 4.21. The molecule has 35 heavy (non-hydrogen) atoms. The van der Waals surface area contributed by atoms with Gasteiger partial charge in [-0.3, -0.25) is 9.59 Å². The van der Waals surface area contributed by atoms with E-state index in [-0.39, 0.29) is 37.4 Å². The van der Waals surface area contributed by atoms with Crippen molar-refractivity contribution >= 4 is 22.9 Å². The minimum Gasteiger partial charge on any atom is -0.506 e. The normalized spacial score (nSPS) is 20.3. The van der Waals surface area contributed by atoms with Crippen LogP contribution < -0.4 is 9.80 Å². The summed E-state index contributed by atoms with van der Waals surface area (Å²) in [6.07, 6.45) is -7.50. The van der Waals surface area contributed by atoms with Gasteiger partial charge in [0.25, 0.3) is 11.6 Å². The molecule has 0 unspecified atom stereocenters. The van der Waals surface area contributed by atoms with Crippen LogP contribution in [0.5, 0.6) is 5.75 Å². The zero-order chi connectivity index (χ0) is 26.6. The Bertz CT molecular complexity index is 1100. The Morgan fingerprint density at radius 2 is 1.23 bits per heavy atom. The second kappa shape index (κ2) is 8.60. The number of hydrogen-bond donors (Lipinski definition) is 1. The van der Waals surface area contributed by atoms with Gasteiger partial charge in [0.1, 0.15) is 5.75 Å². The van der Waals surface area contributed by atoms with E-state index in [0.717, 1.165) is 12.4 Å². The van der Waals surface area contributed by atoms with Crippen molar-refractivity contribution in [3.8, 4) is 5.75 Å². The maximum absolute atomic E-state index is 13.2. The van der Waals surface area contributed by atoms with E-state index in [0.29, 0.717) is 5.69 Å². The van der Waals surface area contributed by atoms with Gasteiger partial charge in [-0.2, -0.15) is 26.3 Å². The van der Waals surface area contributed by atoms with Gasteiger partial charge in [-0.15, -0.1) is 0 Å². The van der Waals surface area contributed by atoms with Crippen molar-refractivity contribution in [1.82, 2.24) is 0 Å². The van der Waals surface area contributed by atoms with E-state index < -0.39 is 45.9 Å². The molecule has 192 valence electrons. The average Bonchev–Trinajstić information content (AvgIpc) is 2.72. The monoisotopic (exact) mass is 504 g/mol. The third-order valence-electron chi connectivity index (χ3n) is 6.59. The average molecular weight is 504 g/mol. The van der Waals surface area contributed by atoms with Crippen LogP contribution >= 0.6 is 0 Å². The Hall–Kier alpha value is -2.98. The molecule has 1 aromatic carbocycles. The number of phenolic OH excluding ortho intramolecular Hbond substituents is 1. The molecule has 0 bridgehead atoms. The predicted octanol–water partition coefficient (Wildman–Crippen LogP) is 5.90. The first-order valence-corrected chi connectivity index (χ1v) is 10.9. The molecule has 3 rings (SSSR count). The van der Waals surface area contributed by atoms with Gasteiger partial charge in [-0.25, -0.2) is 0 Å². The Morgan fingerprint density at radius 1 is 0.800 bits per heavy atom. The molecule has 0 aromatic heterocycles. The summed E-state index contributed by atoms with van der Waals surface area (Å²) in [7, 11) is 0. The summed E-state index contributed by atoms with van der Waals surface area (Å²) in [6, 6.07) is 4.11. The number of rotatable bonds is 4. The number of phenols is 1. The van der Waals surface area contributed by atoms with Crippen LogP contribution in [0, 0.1) is 10.8 Å². The molecule has 11 heteroatoms. The van der Waals surface area contributed by atoms with Gasteiger partial charge >= 0.3 is 12.4 Å². The van der Waals surface area contributed by atoms with Crippen LogP contribution in [-0.4, -0.2) is 42.1 Å². The van der Waals surface area contributed by atoms with E-state index >= 15 is 0 Å². The van der Waals surface area contributed by atoms with Gasteiger partial charge in [0.05, 0.1) is 5.69 Å². The molecule has 0 saturated heterocycles. The van der Waals surface area contributed by atoms with E-state index in [1.807, 2.05) is 0 Å². The summed E-state index contributed by atoms with van der Waals surface area (Å²) in [4.78, 5) is 26.8. The summed E-state index contributed by atoms with van der Waals surface area (Å²) < 4.78 is 78.9. The van der Waals surface area contributed by atoms with E-state index in [2.05, 4.69) is 0 Å². The van der Waals surface area contributed by atoms with E-state index in [1.54, 1.807) is 13.8 Å². The molecule has 5 nitrogen and oxygen atoms in total. The molecular formula is C24H26F6N2O3. The fraction of sp³-hybridized carbons (Fsp3) is 0.500. The predicted molar refractivity (Wildman–Crippen MR) is 118 cm³/mol. The Labute approximate surface area is 198 Å². The Morgan fingerprint density at radius 3 is 1.69 bits per heavy atom. The van der Waals surface area contributed by atoms with E-state index in [1.165, 1.54) is 41.8 Å². The lowest BCUT2D eigenvalue weighted by molar-refractivity contribution is -0.167. The Kier molecular flexibility index (Phi) is 6.54. The van der Waals surface area contributed by atoms with Gasteiger partial charge in [0.15, 0.2) is 0 Å². The lowest BCUT2D eigenvalue weighted by Gasteiger charge is -2.39. The first kappa shape index (κ1) is 26.6. The molecule has 0 amide bonds. The zero-order valence-corrected chi connectivity index (χ0v) is 19.6. The first-order valence-electron chi connectivity index (χ1n) is 10.9. The summed E-state index contributed by atoms with van der Waals surface area (Å²) in [5.41, 5.74) is -2.52. The molecular weight excluding hydrogens is 478 g/mol. The zero-order valence-electron chi connectivity index (χ0n) is 19.6. The summed E-state index contributed by atoms with van der Waals surface area (Å²) in [6.45, 7) is 6.60. The van der Waals surface area contributed by atoms with Crippen LogP contribution in [0.15, 0.2) is 41.7 Å². The minimum atomic E-state index is -5.07. The summed E-state index contributed by atoms with van der Waals surface area (Å²) in [5.74, 6) is -4.20. The number of alkyl halides is 6. The molecule has 1 N–H and O–H groups in total. The van der Waals surface area contributed by atoms with Crippen LogP contribution in [0.4, 0.5) is 37.7 Å². The van der Waals surface area contributed by atoms with Gasteiger partial charge in [0, 0.05) is 42.3 Å². The minimum absolute atomic E-state index is 0.0902. The number of carbonyl (C=O) groups is 2. The molecule has 2 aliphatic heterocycles. The quantitative estimate of drug-likeness (QED) is 0.518. The second-order valence-electron chi connectivity index (χ2n) is 10.1. The van der Waals surface area contributed by atoms with Crippen molar-refractivity contribution in [3.05, 3.63) is 41.7 Å². The highest BCUT2D eigenvalue weighted by molar-refractivity contribution is 6.02. The fourth-order valence-corrected chi connectivity index (χ4v) is 4.21. The highest BCUT2D eigenvalue weighted by Gasteiger charge is 2.48. The number of benzene rings is 1. The molecule has 0 saturated carbocycles. The number of carbonyl (C=O) groups excluding carboxylic acids is 2. The SMILES string of the molecule is CC1(C)CCN(c2ccc(O)c(N3C=C(C(=O)C(F)(F)F)C(C)(C)CC3)c2)C=C1C(=O)C(F)(F)F. The van der Waals surface area contributed by atoms with Crippen molar-refractivity contribution in [3.63, 3.8) is 0 Å². The second-order valence-corrected chi connectivity index (χ2v) is 10.1. The van der Waals surface area contributed by atoms with Crippen molar-refractivity contribution < 1.29 is 41.0 Å². The molecule has 0 aliphatic carbocycles. The van der Waals surface area contributed by atoms with E-state index in [4.69, 9.17) is 0 Å². The molecule has 2 aliphatic rings. The first-order chi connectivity index (χ1) is 15.8. The van der Waals surface area contributed by atoms with Crippen LogP contribution in [0.25, 0.3) is 0 Å². The molecule has 0 atom stereocenters. The third kappa shape index (κ3) is 5.33. The van der Waals surface area contributed by atoms with E-state index in [9.17, 15) is 41.0 Å². The highest BCUT2D eigenvalue weighted by Crippen LogP contribution is 2.44. The van der Waals surface area contributed by atoms with Crippen LogP contribution in [0.2, 0.25) is 0 Å². The van der Waals surface area contributed by atoms with Gasteiger partial charge in [-0.05, 0) is 41.9 Å². The van der Waals surface area contributed by atoms with Crippen molar-refractivity contribution in [2.24, 2.45) is 10.8 Å². The maximum Gasteiger partial charge on any atom is 0.454 e. The molecule has 2 heterocycles. The molecule has 1 aromatic rings.